The summed E-state index contributed by atoms with van der Waals surface area (Å²) in [7, 11) is 1.73. The highest BCUT2D eigenvalue weighted by Crippen LogP contribution is 2.38. The van der Waals surface area contributed by atoms with E-state index in [1.165, 1.54) is 12.8 Å². The van der Waals surface area contributed by atoms with E-state index in [0.29, 0.717) is 12.3 Å². The van der Waals surface area contributed by atoms with Crippen molar-refractivity contribution in [2.75, 3.05) is 7.11 Å². The Balaban J connectivity index is 2.69. The van der Waals surface area contributed by atoms with Crippen molar-refractivity contribution in [2.24, 2.45) is 5.92 Å². The normalized spacial score (nSPS) is 41.8. The molecule has 15 heavy (non-hydrogen) atoms. The van der Waals surface area contributed by atoms with E-state index in [0.717, 1.165) is 6.42 Å². The molecular weight excluding hydrogens is 192 g/mol. The number of rotatable bonds is 4. The molecule has 0 aromatic heterocycles. The number of aliphatic hydroxyl groups is 1. The lowest BCUT2D eigenvalue weighted by atomic mass is 9.77. The number of unbranched alkanes of at least 4 members (excludes halogenated alkanes) is 1. The van der Waals surface area contributed by atoms with Crippen LogP contribution in [0.5, 0.6) is 0 Å². The van der Waals surface area contributed by atoms with Gasteiger partial charge >= 0.3 is 0 Å². The van der Waals surface area contributed by atoms with Crippen molar-refractivity contribution < 1.29 is 14.6 Å². The van der Waals surface area contributed by atoms with E-state index in [4.69, 9.17) is 9.47 Å². The lowest BCUT2D eigenvalue weighted by molar-refractivity contribution is -0.246. The Morgan fingerprint density at radius 1 is 1.53 bits per heavy atom. The van der Waals surface area contributed by atoms with Gasteiger partial charge in [-0.05, 0) is 20.3 Å². The molecule has 0 spiro atoms. The molecule has 1 saturated heterocycles. The second-order valence-corrected chi connectivity index (χ2v) is 4.77. The molecule has 0 saturated carbocycles. The molecule has 0 aromatic carbocycles. The fourth-order valence-corrected chi connectivity index (χ4v) is 2.58. The molecule has 1 heterocycles. The summed E-state index contributed by atoms with van der Waals surface area (Å²) in [6.45, 7) is 6.29. The molecule has 1 aliphatic rings. The highest BCUT2D eigenvalue weighted by atomic mass is 16.6. The minimum absolute atomic E-state index is 0.0743. The van der Waals surface area contributed by atoms with Gasteiger partial charge in [0.15, 0.2) is 6.29 Å². The Kier molecular flexibility index (Phi) is 4.56. The van der Waals surface area contributed by atoms with Crippen molar-refractivity contribution in [3.05, 3.63) is 0 Å². The van der Waals surface area contributed by atoms with E-state index < -0.39 is 6.29 Å². The average Bonchev–Trinajstić information content (AvgIpc) is 2.16. The summed E-state index contributed by atoms with van der Waals surface area (Å²) in [5.41, 5.74) is -0.244. The van der Waals surface area contributed by atoms with E-state index in [9.17, 15) is 5.11 Å². The Labute approximate surface area is 92.8 Å². The van der Waals surface area contributed by atoms with Gasteiger partial charge in [0.25, 0.3) is 0 Å². The summed E-state index contributed by atoms with van der Waals surface area (Å²) in [6.07, 6.45) is 3.45. The molecule has 1 fully saturated rings. The molecule has 3 nitrogen and oxygen atoms in total. The van der Waals surface area contributed by atoms with Gasteiger partial charge in [0.1, 0.15) is 0 Å². The summed E-state index contributed by atoms with van der Waals surface area (Å²) in [4.78, 5) is 0. The summed E-state index contributed by atoms with van der Waals surface area (Å²) in [6, 6.07) is 0. The molecule has 0 aromatic rings. The molecule has 2 unspecified atom stereocenters. The lowest BCUT2D eigenvalue weighted by Gasteiger charge is -2.45. The van der Waals surface area contributed by atoms with Crippen LogP contribution in [0.1, 0.15) is 46.5 Å². The molecular formula is C12H24O3. The fraction of sp³-hybridized carbons (Fsp3) is 1.00. The largest absolute Gasteiger partial charge is 0.378 e. The van der Waals surface area contributed by atoms with E-state index in [2.05, 4.69) is 13.8 Å². The van der Waals surface area contributed by atoms with Gasteiger partial charge in [-0.3, -0.25) is 0 Å². The Morgan fingerprint density at radius 3 is 2.73 bits per heavy atom. The molecule has 0 amide bonds. The standard InChI is InChI=1S/C12H24O3/c1-5-6-7-10-9(2)15-11(13)8-12(10,3)14-4/h9-11,13H,5-8H2,1-4H3/t9-,10?,11+,12?/m0/s1. The van der Waals surface area contributed by atoms with Crippen molar-refractivity contribution in [1.82, 2.24) is 0 Å². The van der Waals surface area contributed by atoms with Gasteiger partial charge < -0.3 is 14.6 Å². The number of methoxy groups -OCH3 is 1. The highest BCUT2D eigenvalue weighted by Gasteiger charge is 2.44. The van der Waals surface area contributed by atoms with Gasteiger partial charge in [0, 0.05) is 19.4 Å². The Morgan fingerprint density at radius 2 is 2.20 bits per heavy atom. The zero-order valence-corrected chi connectivity index (χ0v) is 10.3. The van der Waals surface area contributed by atoms with Gasteiger partial charge in [-0.1, -0.05) is 19.8 Å². The third-order valence-electron chi connectivity index (χ3n) is 3.64. The zero-order valence-electron chi connectivity index (χ0n) is 10.3. The summed E-state index contributed by atoms with van der Waals surface area (Å²) < 4.78 is 11.1. The van der Waals surface area contributed by atoms with E-state index >= 15 is 0 Å². The number of aliphatic hydroxyl groups excluding tert-OH is 1. The molecule has 90 valence electrons. The first kappa shape index (κ1) is 12.9. The van der Waals surface area contributed by atoms with Crippen LogP contribution in [0.3, 0.4) is 0 Å². The van der Waals surface area contributed by atoms with Crippen molar-refractivity contribution in [3.63, 3.8) is 0 Å². The predicted molar refractivity (Wildman–Crippen MR) is 59.6 cm³/mol. The second kappa shape index (κ2) is 5.28. The second-order valence-electron chi connectivity index (χ2n) is 4.77. The molecule has 3 heteroatoms. The highest BCUT2D eigenvalue weighted by molar-refractivity contribution is 4.91. The van der Waals surface area contributed by atoms with Crippen LogP contribution in [0.25, 0.3) is 0 Å². The molecule has 1 N–H and O–H groups in total. The van der Waals surface area contributed by atoms with Crippen molar-refractivity contribution in [1.29, 1.82) is 0 Å². The van der Waals surface area contributed by atoms with Crippen molar-refractivity contribution >= 4 is 0 Å². The first-order valence-corrected chi connectivity index (χ1v) is 5.92. The van der Waals surface area contributed by atoms with Crippen LogP contribution in [0.15, 0.2) is 0 Å². The van der Waals surface area contributed by atoms with Crippen LogP contribution in [0.2, 0.25) is 0 Å². The number of hydrogen-bond donors (Lipinski definition) is 1. The first-order valence-electron chi connectivity index (χ1n) is 5.92. The van der Waals surface area contributed by atoms with Gasteiger partial charge in [0.05, 0.1) is 11.7 Å². The quantitative estimate of drug-likeness (QED) is 0.784. The molecule has 0 aliphatic carbocycles. The SMILES string of the molecule is CCCCC1[C@H](C)O[C@@H](O)CC1(C)OC. The molecule has 1 aliphatic heterocycles. The van der Waals surface area contributed by atoms with Crippen LogP contribution in [0.4, 0.5) is 0 Å². The van der Waals surface area contributed by atoms with E-state index in [-0.39, 0.29) is 11.7 Å². The third-order valence-corrected chi connectivity index (χ3v) is 3.64. The molecule has 0 radical (unpaired) electrons. The third kappa shape index (κ3) is 2.92. The maximum atomic E-state index is 9.59. The maximum absolute atomic E-state index is 9.59. The number of ether oxygens (including phenoxy) is 2. The number of hydrogen-bond acceptors (Lipinski definition) is 3. The molecule has 0 bridgehead atoms. The topological polar surface area (TPSA) is 38.7 Å². The minimum Gasteiger partial charge on any atom is -0.378 e. The van der Waals surface area contributed by atoms with Crippen LogP contribution in [-0.2, 0) is 9.47 Å². The summed E-state index contributed by atoms with van der Waals surface area (Å²) in [5, 5.41) is 9.59. The Hall–Kier alpha value is -0.120. The van der Waals surface area contributed by atoms with Crippen LogP contribution in [-0.4, -0.2) is 30.2 Å². The van der Waals surface area contributed by atoms with Crippen LogP contribution >= 0.6 is 0 Å². The fourth-order valence-electron chi connectivity index (χ4n) is 2.58. The average molecular weight is 216 g/mol. The van der Waals surface area contributed by atoms with E-state index in [1.54, 1.807) is 7.11 Å². The lowest BCUT2D eigenvalue weighted by Crippen LogP contribution is -2.51. The van der Waals surface area contributed by atoms with Gasteiger partial charge in [0.2, 0.25) is 0 Å². The van der Waals surface area contributed by atoms with Gasteiger partial charge in [-0.2, -0.15) is 0 Å². The minimum atomic E-state index is -0.678. The molecule has 4 atom stereocenters. The van der Waals surface area contributed by atoms with Gasteiger partial charge in [-0.25, -0.2) is 0 Å². The maximum Gasteiger partial charge on any atom is 0.157 e. The smallest absolute Gasteiger partial charge is 0.157 e. The summed E-state index contributed by atoms with van der Waals surface area (Å²) >= 11 is 0. The van der Waals surface area contributed by atoms with Crippen LogP contribution < -0.4 is 0 Å². The van der Waals surface area contributed by atoms with E-state index in [1.807, 2.05) is 6.92 Å². The van der Waals surface area contributed by atoms with Gasteiger partial charge in [-0.15, -0.1) is 0 Å². The Bertz CT molecular complexity index is 195. The summed E-state index contributed by atoms with van der Waals surface area (Å²) in [5.74, 6) is 0.380. The monoisotopic (exact) mass is 216 g/mol. The van der Waals surface area contributed by atoms with Crippen molar-refractivity contribution in [2.45, 2.75) is 64.4 Å². The van der Waals surface area contributed by atoms with Crippen molar-refractivity contribution in [3.8, 4) is 0 Å². The predicted octanol–water partition coefficient (Wildman–Crippen LogP) is 2.33. The molecule has 1 rings (SSSR count). The zero-order chi connectivity index (χ0) is 11.5. The first-order chi connectivity index (χ1) is 7.03. The van der Waals surface area contributed by atoms with Crippen LogP contribution in [0, 0.1) is 5.92 Å².